The number of para-hydroxylation sites is 2. The number of nitrogens with one attached hydrogen (secondary N) is 3. The van der Waals surface area contributed by atoms with E-state index in [9.17, 15) is 43.2 Å². The average molecular weight is 1220 g/mol. The van der Waals surface area contributed by atoms with Gasteiger partial charge in [-0.3, -0.25) is 38.4 Å². The first-order chi connectivity index (χ1) is 40.4. The fourth-order valence-electron chi connectivity index (χ4n) is 11.0. The lowest BCUT2D eigenvalue weighted by Gasteiger charge is -2.37. The lowest BCUT2D eigenvalue weighted by Crippen LogP contribution is -2.58. The van der Waals surface area contributed by atoms with Gasteiger partial charge in [-0.2, -0.15) is 22.7 Å². The Hall–Kier alpha value is -6.81. The number of rotatable bonds is 21. The van der Waals surface area contributed by atoms with E-state index in [1.807, 2.05) is 97.7 Å². The third kappa shape index (κ3) is 18.1. The molecule has 2 fully saturated rings. The molecule has 0 aliphatic carbocycles. The first kappa shape index (κ1) is 68.3. The van der Waals surface area contributed by atoms with Gasteiger partial charge in [0.2, 0.25) is 35.4 Å². The molecule has 4 aromatic rings. The first-order valence-electron chi connectivity index (χ1n) is 30.0. The highest BCUT2D eigenvalue weighted by atomic mass is 32.1. The predicted molar refractivity (Wildman–Crippen MR) is 338 cm³/mol. The Labute approximate surface area is 515 Å². The van der Waals surface area contributed by atoms with Gasteiger partial charge in [0.05, 0.1) is 53.5 Å². The zero-order valence-electron chi connectivity index (χ0n) is 52.2. The Morgan fingerprint density at radius 2 is 1.06 bits per heavy atom. The molecule has 19 nitrogen and oxygen atoms in total. The topological polar surface area (TPSA) is 258 Å². The molecule has 8 rings (SSSR count). The fraction of sp³-hybridized carbons (Fsp3) is 0.554. The highest BCUT2D eigenvalue weighted by Crippen LogP contribution is 2.44. The van der Waals surface area contributed by atoms with Crippen molar-refractivity contribution in [3.63, 3.8) is 0 Å². The molecule has 0 spiro atoms. The molecule has 6 N–H and O–H groups in total. The van der Waals surface area contributed by atoms with E-state index >= 15 is 0 Å². The van der Waals surface area contributed by atoms with Gasteiger partial charge in [0.25, 0.3) is 0 Å². The number of amides is 7. The zero-order valence-corrected chi connectivity index (χ0v) is 53.8. The van der Waals surface area contributed by atoms with Crippen molar-refractivity contribution in [2.24, 2.45) is 29.4 Å². The van der Waals surface area contributed by atoms with Crippen molar-refractivity contribution in [3.8, 4) is 0 Å². The van der Waals surface area contributed by atoms with Crippen LogP contribution in [0.1, 0.15) is 157 Å². The number of benzene rings is 2. The largest absolute Gasteiger partial charge is 0.444 e. The smallest absolute Gasteiger partial charge is 0.408 e. The molecule has 4 aliphatic rings. The van der Waals surface area contributed by atoms with Crippen molar-refractivity contribution in [2.45, 2.75) is 189 Å². The van der Waals surface area contributed by atoms with Crippen LogP contribution in [0.15, 0.2) is 70.1 Å². The summed E-state index contributed by atoms with van der Waals surface area (Å²) in [7, 11) is 0. The van der Waals surface area contributed by atoms with Crippen LogP contribution in [-0.4, -0.2) is 107 Å². The van der Waals surface area contributed by atoms with Crippen molar-refractivity contribution >= 4 is 98.5 Å². The van der Waals surface area contributed by atoms with Crippen molar-refractivity contribution in [1.29, 1.82) is 0 Å². The number of ether oxygens (including phenoxy) is 1. The maximum atomic E-state index is 14.2. The van der Waals surface area contributed by atoms with E-state index in [4.69, 9.17) is 15.6 Å². The second-order valence-electron chi connectivity index (χ2n) is 25.7. The monoisotopic (exact) mass is 1220 g/mol. The molecular weight excluding hydrogens is 1130 g/mol. The van der Waals surface area contributed by atoms with Crippen LogP contribution < -0.4 is 41.3 Å². The second-order valence-corrected chi connectivity index (χ2v) is 27.3. The van der Waals surface area contributed by atoms with Crippen LogP contribution in [0.25, 0.3) is 0 Å². The SMILES string of the molecule is CC(C)C[C@@H](NC(=O)C(C)(C)N)C(=O)CC1Cc2cccc(N3CCCC3=O)c2N(Cc2ccsc2)C1=O.CC(C)C[C@@H](NC(=O)C(C)(C)NC(=O)OC(C)(C)C)C(=O)CC1Cc2cccc(N3CCCC3=O)c2N(Cc2ccsc2)C1=O.CCO. The van der Waals surface area contributed by atoms with Crippen LogP contribution in [0.2, 0.25) is 0 Å². The molecule has 6 heterocycles. The number of Topliss-reactive ketones (excluding diaryl/α,β-unsaturated/α-hetero) is 2. The molecule has 468 valence electrons. The molecule has 2 aromatic heterocycles. The molecule has 86 heavy (non-hydrogen) atoms. The molecule has 0 saturated carbocycles. The number of nitrogens with zero attached hydrogens (tertiary/aromatic N) is 4. The van der Waals surface area contributed by atoms with Gasteiger partial charge in [-0.05, 0) is 174 Å². The van der Waals surface area contributed by atoms with Crippen LogP contribution in [0, 0.1) is 23.7 Å². The van der Waals surface area contributed by atoms with Crippen LogP contribution in [0.5, 0.6) is 0 Å². The summed E-state index contributed by atoms with van der Waals surface area (Å²) in [6.45, 7) is 23.3. The molecular formula is C65H90N8O11S2. The van der Waals surface area contributed by atoms with Gasteiger partial charge in [0, 0.05) is 57.2 Å². The number of alkyl carbamates (subject to hydrolysis) is 1. The lowest BCUT2D eigenvalue weighted by molar-refractivity contribution is -0.133. The van der Waals surface area contributed by atoms with Crippen LogP contribution in [0.3, 0.4) is 0 Å². The summed E-state index contributed by atoms with van der Waals surface area (Å²) in [6, 6.07) is 14.0. The van der Waals surface area contributed by atoms with Crippen molar-refractivity contribution in [1.82, 2.24) is 16.0 Å². The minimum atomic E-state index is -1.35. The number of aliphatic hydroxyl groups is 1. The third-order valence-corrected chi connectivity index (χ3v) is 16.6. The van der Waals surface area contributed by atoms with Crippen molar-refractivity contribution in [3.05, 3.63) is 92.3 Å². The Morgan fingerprint density at radius 1 is 0.651 bits per heavy atom. The molecule has 0 bridgehead atoms. The van der Waals surface area contributed by atoms with Gasteiger partial charge in [-0.1, -0.05) is 52.0 Å². The van der Waals surface area contributed by atoms with Gasteiger partial charge in [-0.15, -0.1) is 0 Å². The zero-order chi connectivity index (χ0) is 63.4. The summed E-state index contributed by atoms with van der Waals surface area (Å²) in [5, 5.41) is 23.8. The first-order valence-corrected chi connectivity index (χ1v) is 31.9. The predicted octanol–water partition coefficient (Wildman–Crippen LogP) is 9.18. The Kier molecular flexibility index (Phi) is 23.6. The number of thiophene rings is 2. The minimum absolute atomic E-state index is 0.0218. The van der Waals surface area contributed by atoms with Gasteiger partial charge >= 0.3 is 6.09 Å². The molecule has 21 heteroatoms. The number of carbonyl (C=O) groups excluding carboxylic acids is 9. The highest BCUT2D eigenvalue weighted by Gasteiger charge is 2.42. The van der Waals surface area contributed by atoms with Crippen molar-refractivity contribution < 1.29 is 53.0 Å². The number of carbonyl (C=O) groups is 9. The second kappa shape index (κ2) is 29.7. The summed E-state index contributed by atoms with van der Waals surface area (Å²) < 4.78 is 5.32. The van der Waals surface area contributed by atoms with Crippen molar-refractivity contribution in [2.75, 3.05) is 39.3 Å². The van der Waals surface area contributed by atoms with Crippen LogP contribution in [-0.2, 0) is 69.0 Å². The number of hydrogen-bond acceptors (Lipinski definition) is 14. The van der Waals surface area contributed by atoms with E-state index in [1.165, 1.54) is 0 Å². The maximum Gasteiger partial charge on any atom is 0.408 e. The molecule has 7 amide bonds. The number of anilines is 4. The van der Waals surface area contributed by atoms with Crippen LogP contribution in [0.4, 0.5) is 27.5 Å². The number of aliphatic hydroxyl groups excluding tert-OH is 1. The lowest BCUT2D eigenvalue weighted by atomic mass is 9.84. The third-order valence-electron chi connectivity index (χ3n) is 15.1. The standard InChI is InChI=1S/C34H46N4O6S.C29H38N4O4S.C2H6O/c1-21(2)16-25(35-31(42)34(6,7)36-32(43)44-33(3,4)5)27(39)18-24-17-23-10-8-11-26(37-14-9-12-28(37)40)29(23)38(30(24)41)19-22-13-15-45-20-22;1-18(2)13-22(31-28(37)29(3,4)30)24(34)15-21-14-20-7-5-8-23(32-11-6-9-25(32)35)26(20)33(27(21)36)16-19-10-12-38-17-19;1-2-3/h8,10-11,13,15,20-21,24-25H,9,12,14,16-19H2,1-7H3,(H,35,42)(H,36,43);5,7-8,10,12,17-18,21-22H,6,9,11,13-16,30H2,1-4H3,(H,31,37);3H,2H2,1H3/t24?,25-;21?,22-;/m11./s1. The molecule has 2 aromatic carbocycles. The molecule has 4 aliphatic heterocycles. The van der Waals surface area contributed by atoms with Gasteiger partial charge in [0.15, 0.2) is 11.6 Å². The molecule has 2 saturated heterocycles. The van der Waals surface area contributed by atoms with E-state index in [2.05, 4.69) is 16.0 Å². The number of nitrogens with two attached hydrogens (primary N) is 1. The molecule has 2 unspecified atom stereocenters. The number of fused-ring (bicyclic) bond motifs is 2. The maximum absolute atomic E-state index is 14.2. The number of hydrogen-bond donors (Lipinski definition) is 5. The quantitative estimate of drug-likeness (QED) is 0.0523. The van der Waals surface area contributed by atoms with E-state index < -0.39 is 58.5 Å². The van der Waals surface area contributed by atoms with Gasteiger partial charge in [0.1, 0.15) is 11.1 Å². The van der Waals surface area contributed by atoms with E-state index in [1.54, 1.807) is 97.7 Å². The number of ketones is 2. The van der Waals surface area contributed by atoms with E-state index in [0.717, 1.165) is 57.8 Å². The summed E-state index contributed by atoms with van der Waals surface area (Å²) >= 11 is 3.11. The fourth-order valence-corrected chi connectivity index (χ4v) is 12.4. The average Bonchev–Trinajstić information content (AvgIpc) is 1.39. The Bertz CT molecular complexity index is 3050. The minimum Gasteiger partial charge on any atom is -0.444 e. The summed E-state index contributed by atoms with van der Waals surface area (Å²) in [4.78, 5) is 126. The highest BCUT2D eigenvalue weighted by molar-refractivity contribution is 7.08. The summed E-state index contributed by atoms with van der Waals surface area (Å²) in [5.74, 6) is -2.47. The van der Waals surface area contributed by atoms with Crippen LogP contribution >= 0.6 is 22.7 Å². The molecule has 4 atom stereocenters. The van der Waals surface area contributed by atoms with Gasteiger partial charge < -0.3 is 51.1 Å². The van der Waals surface area contributed by atoms with E-state index in [0.29, 0.717) is 64.7 Å². The van der Waals surface area contributed by atoms with Gasteiger partial charge in [-0.25, -0.2) is 4.79 Å². The Morgan fingerprint density at radius 3 is 1.40 bits per heavy atom. The summed E-state index contributed by atoms with van der Waals surface area (Å²) in [5.41, 5.74) is 9.57. The summed E-state index contributed by atoms with van der Waals surface area (Å²) in [6.07, 6.45) is 3.38. The van der Waals surface area contributed by atoms with E-state index in [-0.39, 0.29) is 66.5 Å². The molecule has 0 radical (unpaired) electrons. The normalized spacial score (nSPS) is 17.7. The Balaban J connectivity index is 0.000000266.